The number of halogens is 1. The van der Waals surface area contributed by atoms with Gasteiger partial charge in [-0.1, -0.05) is 20.4 Å². The Kier molecular flexibility index (Phi) is 6.52. The van der Waals surface area contributed by atoms with Gasteiger partial charge in [0.05, 0.1) is 6.61 Å². The third-order valence-corrected chi connectivity index (χ3v) is 3.72. The number of methoxy groups -OCH3 is 1. The van der Waals surface area contributed by atoms with Crippen molar-refractivity contribution in [1.82, 2.24) is 4.57 Å². The Labute approximate surface area is 138 Å². The maximum absolute atomic E-state index is 13.2. The normalized spacial score (nSPS) is 10.8. The number of benzene rings is 1. The predicted octanol–water partition coefficient (Wildman–Crippen LogP) is 5.29. The van der Waals surface area contributed by atoms with E-state index in [2.05, 4.69) is 51.1 Å². The van der Waals surface area contributed by atoms with Crippen LogP contribution in [-0.4, -0.2) is 18.3 Å². The monoisotopic (exact) mass is 315 g/mol. The van der Waals surface area contributed by atoms with Crippen LogP contribution in [0.15, 0.2) is 50.1 Å². The number of aromatic nitrogens is 1. The van der Waals surface area contributed by atoms with Gasteiger partial charge in [-0.3, -0.25) is 0 Å². The van der Waals surface area contributed by atoms with Crippen molar-refractivity contribution in [1.29, 1.82) is 0 Å². The Hall–Kier alpha value is -2.13. The molecule has 124 valence electrons. The van der Waals surface area contributed by atoms with Crippen molar-refractivity contribution < 1.29 is 9.13 Å². The Morgan fingerprint density at radius 3 is 2.26 bits per heavy atom. The molecule has 0 spiro atoms. The summed E-state index contributed by atoms with van der Waals surface area (Å²) in [6, 6.07) is 8.68. The topological polar surface area (TPSA) is 14.2 Å². The van der Waals surface area contributed by atoms with E-state index in [0.29, 0.717) is 6.61 Å². The Morgan fingerprint density at radius 1 is 1.22 bits per heavy atom. The van der Waals surface area contributed by atoms with E-state index < -0.39 is 0 Å². The molecular weight excluding hydrogens is 289 g/mol. The van der Waals surface area contributed by atoms with Crippen molar-refractivity contribution in [2.75, 3.05) is 13.7 Å². The van der Waals surface area contributed by atoms with Crippen LogP contribution >= 0.6 is 0 Å². The molecule has 3 heteroatoms. The van der Waals surface area contributed by atoms with Gasteiger partial charge in [0.1, 0.15) is 5.82 Å². The second-order valence-corrected chi connectivity index (χ2v) is 5.93. The molecule has 1 heterocycles. The van der Waals surface area contributed by atoms with Gasteiger partial charge in [0.2, 0.25) is 0 Å². The fraction of sp³-hybridized carbons (Fsp3) is 0.300. The number of nitrogens with zero attached hydrogens (tertiary/aromatic N) is 1. The van der Waals surface area contributed by atoms with Crippen molar-refractivity contribution in [2.45, 2.75) is 26.2 Å². The summed E-state index contributed by atoms with van der Waals surface area (Å²) in [6.45, 7) is 16.8. The van der Waals surface area contributed by atoms with Gasteiger partial charge in [-0.25, -0.2) is 4.39 Å². The minimum Gasteiger partial charge on any atom is -0.384 e. The second-order valence-electron chi connectivity index (χ2n) is 5.93. The largest absolute Gasteiger partial charge is 0.384 e. The molecule has 0 unspecified atom stereocenters. The van der Waals surface area contributed by atoms with Gasteiger partial charge in [0.15, 0.2) is 0 Å². The lowest BCUT2D eigenvalue weighted by atomic mass is 9.90. The number of rotatable bonds is 5. The summed E-state index contributed by atoms with van der Waals surface area (Å²) in [5.74, 6) is -0.236. The van der Waals surface area contributed by atoms with E-state index >= 15 is 0 Å². The van der Waals surface area contributed by atoms with Crippen LogP contribution in [0.4, 0.5) is 4.39 Å². The molecule has 0 saturated carbocycles. The van der Waals surface area contributed by atoms with Gasteiger partial charge in [0.25, 0.3) is 0 Å². The fourth-order valence-corrected chi connectivity index (χ4v) is 2.70. The standard InChI is InChI=1S/C18H22FNO.C2H4/c1-6-16-13(2)11-17(18(3,4)12-21-5)20(16)15-9-7-14(19)8-10-15;1-2/h6-11H,1,12H2,2-5H3;1-2H2. The average molecular weight is 315 g/mol. The molecule has 2 rings (SSSR count). The Balaban J connectivity index is 0.00000127. The molecular formula is C20H26FNO. The highest BCUT2D eigenvalue weighted by Gasteiger charge is 2.27. The van der Waals surface area contributed by atoms with Gasteiger partial charge in [-0.05, 0) is 48.9 Å². The van der Waals surface area contributed by atoms with Crippen LogP contribution in [0.3, 0.4) is 0 Å². The first-order valence-corrected chi connectivity index (χ1v) is 7.51. The van der Waals surface area contributed by atoms with Crippen LogP contribution < -0.4 is 0 Å². The molecule has 0 saturated heterocycles. The Morgan fingerprint density at radius 2 is 1.78 bits per heavy atom. The van der Waals surface area contributed by atoms with Crippen LogP contribution in [-0.2, 0) is 10.2 Å². The number of hydrogen-bond acceptors (Lipinski definition) is 1. The van der Waals surface area contributed by atoms with Crippen LogP contribution in [0.25, 0.3) is 11.8 Å². The SMILES string of the molecule is C=C.C=Cc1c(C)cc(C(C)(C)COC)n1-c1ccc(F)cc1. The molecule has 23 heavy (non-hydrogen) atoms. The van der Waals surface area contributed by atoms with Crippen molar-refractivity contribution in [2.24, 2.45) is 0 Å². The van der Waals surface area contributed by atoms with Gasteiger partial charge in [-0.15, -0.1) is 13.2 Å². The van der Waals surface area contributed by atoms with Crippen molar-refractivity contribution >= 4 is 6.08 Å². The molecule has 0 aliphatic carbocycles. The molecule has 0 atom stereocenters. The maximum Gasteiger partial charge on any atom is 0.123 e. The maximum atomic E-state index is 13.2. The molecule has 2 nitrogen and oxygen atoms in total. The van der Waals surface area contributed by atoms with E-state index in [1.54, 1.807) is 19.2 Å². The lowest BCUT2D eigenvalue weighted by Gasteiger charge is -2.26. The minimum atomic E-state index is -0.236. The zero-order valence-corrected chi connectivity index (χ0v) is 14.5. The second kappa shape index (κ2) is 7.93. The molecule has 0 fully saturated rings. The predicted molar refractivity (Wildman–Crippen MR) is 96.7 cm³/mol. The van der Waals surface area contributed by atoms with Crippen LogP contribution in [0.5, 0.6) is 0 Å². The molecule has 2 aromatic rings. The molecule has 1 aromatic carbocycles. The molecule has 0 aliphatic rings. The summed E-state index contributed by atoms with van der Waals surface area (Å²) in [4.78, 5) is 0. The zero-order valence-electron chi connectivity index (χ0n) is 14.5. The van der Waals surface area contributed by atoms with E-state index in [-0.39, 0.29) is 11.2 Å². The van der Waals surface area contributed by atoms with Crippen LogP contribution in [0.2, 0.25) is 0 Å². The summed E-state index contributed by atoms with van der Waals surface area (Å²) in [7, 11) is 1.70. The fourth-order valence-electron chi connectivity index (χ4n) is 2.70. The molecule has 0 radical (unpaired) electrons. The summed E-state index contributed by atoms with van der Waals surface area (Å²) < 4.78 is 20.7. The summed E-state index contributed by atoms with van der Waals surface area (Å²) in [5.41, 5.74) is 4.08. The van der Waals surface area contributed by atoms with Crippen molar-refractivity contribution in [3.05, 3.63) is 72.8 Å². The highest BCUT2D eigenvalue weighted by atomic mass is 19.1. The summed E-state index contributed by atoms with van der Waals surface area (Å²) >= 11 is 0. The molecule has 0 aliphatic heterocycles. The quantitative estimate of drug-likeness (QED) is 0.683. The molecule has 0 amide bonds. The first kappa shape index (κ1) is 18.9. The van der Waals surface area contributed by atoms with E-state index in [9.17, 15) is 4.39 Å². The van der Waals surface area contributed by atoms with E-state index in [4.69, 9.17) is 4.74 Å². The third-order valence-electron chi connectivity index (χ3n) is 3.72. The highest BCUT2D eigenvalue weighted by molar-refractivity contribution is 5.56. The molecule has 0 N–H and O–H groups in total. The van der Waals surface area contributed by atoms with Gasteiger partial charge in [0, 0.05) is 29.6 Å². The number of aryl methyl sites for hydroxylation is 1. The van der Waals surface area contributed by atoms with Crippen molar-refractivity contribution in [3.63, 3.8) is 0 Å². The smallest absolute Gasteiger partial charge is 0.123 e. The molecule has 0 bridgehead atoms. The minimum absolute atomic E-state index is 0.158. The van der Waals surface area contributed by atoms with Crippen LogP contribution in [0.1, 0.15) is 30.8 Å². The number of hydrogen-bond donors (Lipinski definition) is 0. The first-order valence-electron chi connectivity index (χ1n) is 7.51. The first-order chi connectivity index (χ1) is 10.9. The lowest BCUT2D eigenvalue weighted by Crippen LogP contribution is -2.27. The van der Waals surface area contributed by atoms with Gasteiger partial charge < -0.3 is 9.30 Å². The van der Waals surface area contributed by atoms with E-state index in [1.165, 1.54) is 12.1 Å². The Bertz CT molecular complexity index is 653. The number of ether oxygens (including phenoxy) is 1. The van der Waals surface area contributed by atoms with Crippen molar-refractivity contribution in [3.8, 4) is 5.69 Å². The van der Waals surface area contributed by atoms with Crippen LogP contribution in [0, 0.1) is 12.7 Å². The van der Waals surface area contributed by atoms with E-state index in [0.717, 1.165) is 22.6 Å². The third kappa shape index (κ3) is 3.99. The lowest BCUT2D eigenvalue weighted by molar-refractivity contribution is 0.144. The average Bonchev–Trinajstić information content (AvgIpc) is 2.87. The van der Waals surface area contributed by atoms with E-state index in [1.807, 2.05) is 6.08 Å². The van der Waals surface area contributed by atoms with Gasteiger partial charge >= 0.3 is 0 Å². The summed E-state index contributed by atoms with van der Waals surface area (Å²) in [6.07, 6.45) is 1.84. The zero-order chi connectivity index (χ0) is 17.6. The highest BCUT2D eigenvalue weighted by Crippen LogP contribution is 2.31. The summed E-state index contributed by atoms with van der Waals surface area (Å²) in [5, 5.41) is 0. The molecule has 1 aromatic heterocycles. The van der Waals surface area contributed by atoms with Gasteiger partial charge in [-0.2, -0.15) is 0 Å².